The number of ether oxygens (including phenoxy) is 2. The van der Waals surface area contributed by atoms with Crippen molar-refractivity contribution in [2.45, 2.75) is 37.9 Å². The predicted molar refractivity (Wildman–Crippen MR) is 92.1 cm³/mol. The van der Waals surface area contributed by atoms with Crippen molar-refractivity contribution in [1.29, 1.82) is 0 Å². The number of rotatable bonds is 3. The Labute approximate surface area is 139 Å². The van der Waals surface area contributed by atoms with Gasteiger partial charge in [0, 0.05) is 32.5 Å². The minimum atomic E-state index is -0.232. The second-order valence-corrected chi connectivity index (χ2v) is 7.17. The highest BCUT2D eigenvalue weighted by molar-refractivity contribution is 5.66. The molecule has 2 heterocycles. The molecule has 0 aromatic heterocycles. The molecule has 0 amide bonds. The van der Waals surface area contributed by atoms with E-state index >= 15 is 0 Å². The molecular formula is C20H27NO2. The highest BCUT2D eigenvalue weighted by Gasteiger charge is 2.41. The molecule has 124 valence electrons. The number of nitrogens with zero attached hydrogens (tertiary/aromatic N) is 1. The van der Waals surface area contributed by atoms with Crippen LogP contribution in [-0.4, -0.2) is 43.5 Å². The molecule has 1 aliphatic carbocycles. The summed E-state index contributed by atoms with van der Waals surface area (Å²) in [5.74, 6) is 0.484. The van der Waals surface area contributed by atoms with Gasteiger partial charge in [0.2, 0.25) is 0 Å². The van der Waals surface area contributed by atoms with Crippen molar-refractivity contribution in [1.82, 2.24) is 4.90 Å². The lowest BCUT2D eigenvalue weighted by Crippen LogP contribution is -2.41. The zero-order valence-corrected chi connectivity index (χ0v) is 13.9. The van der Waals surface area contributed by atoms with Crippen LogP contribution in [0.1, 0.15) is 37.7 Å². The monoisotopic (exact) mass is 313 g/mol. The maximum Gasteiger partial charge on any atom is 0.168 e. The number of hydrogen-bond acceptors (Lipinski definition) is 3. The van der Waals surface area contributed by atoms with Gasteiger partial charge in [-0.2, -0.15) is 0 Å². The topological polar surface area (TPSA) is 21.7 Å². The molecule has 3 nitrogen and oxygen atoms in total. The molecule has 23 heavy (non-hydrogen) atoms. The van der Waals surface area contributed by atoms with E-state index in [2.05, 4.69) is 41.3 Å². The Morgan fingerprint density at radius 3 is 2.70 bits per heavy atom. The average Bonchev–Trinajstić information content (AvgIpc) is 3.04. The van der Waals surface area contributed by atoms with Crippen LogP contribution in [0.5, 0.6) is 0 Å². The lowest BCUT2D eigenvalue weighted by atomic mass is 9.84. The van der Waals surface area contributed by atoms with Crippen molar-refractivity contribution in [3.05, 3.63) is 42.0 Å². The van der Waals surface area contributed by atoms with Gasteiger partial charge in [0.1, 0.15) is 0 Å². The summed E-state index contributed by atoms with van der Waals surface area (Å²) in [4.78, 5) is 2.60. The fraction of sp³-hybridized carbons (Fsp3) is 0.600. The molecule has 1 saturated carbocycles. The van der Waals surface area contributed by atoms with Crippen LogP contribution in [0, 0.1) is 5.92 Å². The van der Waals surface area contributed by atoms with Crippen molar-refractivity contribution in [2.75, 3.05) is 32.8 Å². The second kappa shape index (κ2) is 6.76. The van der Waals surface area contributed by atoms with Crippen LogP contribution in [0.15, 0.2) is 36.4 Å². The summed E-state index contributed by atoms with van der Waals surface area (Å²) in [6.07, 6.45) is 8.30. The molecule has 1 aromatic rings. The molecule has 2 fully saturated rings. The fourth-order valence-corrected chi connectivity index (χ4v) is 4.38. The van der Waals surface area contributed by atoms with Gasteiger partial charge in [0.25, 0.3) is 0 Å². The Kier molecular flexibility index (Phi) is 4.52. The van der Waals surface area contributed by atoms with Gasteiger partial charge in [-0.05, 0) is 36.3 Å². The molecule has 0 radical (unpaired) electrons. The van der Waals surface area contributed by atoms with Gasteiger partial charge in [0.15, 0.2) is 5.79 Å². The zero-order chi connectivity index (χ0) is 15.5. The van der Waals surface area contributed by atoms with Crippen LogP contribution in [0.2, 0.25) is 0 Å². The molecule has 1 aromatic carbocycles. The van der Waals surface area contributed by atoms with Crippen molar-refractivity contribution < 1.29 is 9.47 Å². The normalized spacial score (nSPS) is 28.0. The smallest absolute Gasteiger partial charge is 0.168 e. The maximum atomic E-state index is 5.92. The molecule has 1 atom stereocenters. The fourth-order valence-electron chi connectivity index (χ4n) is 4.38. The maximum absolute atomic E-state index is 5.92. The van der Waals surface area contributed by atoms with Crippen LogP contribution >= 0.6 is 0 Å². The van der Waals surface area contributed by atoms with Crippen LogP contribution in [0.3, 0.4) is 0 Å². The lowest BCUT2D eigenvalue weighted by molar-refractivity contribution is -0.188. The van der Waals surface area contributed by atoms with E-state index in [0.717, 1.165) is 39.0 Å². The predicted octanol–water partition coefficient (Wildman–Crippen LogP) is 3.71. The molecule has 2 aliphatic heterocycles. The van der Waals surface area contributed by atoms with Crippen molar-refractivity contribution >= 4 is 5.57 Å². The van der Waals surface area contributed by atoms with Gasteiger partial charge >= 0.3 is 0 Å². The standard InChI is InChI=1S/C20H27NO2/c1-2-6-18(7-3-1)19-8-11-21(12-9-19)16-17-5-4-10-20(15-17)22-13-14-23-20/h1-3,6-8,17H,4-5,9-16H2. The summed E-state index contributed by atoms with van der Waals surface area (Å²) in [6, 6.07) is 10.8. The van der Waals surface area contributed by atoms with Crippen LogP contribution in [0.25, 0.3) is 5.57 Å². The summed E-state index contributed by atoms with van der Waals surface area (Å²) < 4.78 is 11.8. The molecular weight excluding hydrogens is 286 g/mol. The van der Waals surface area contributed by atoms with E-state index in [1.165, 1.54) is 37.1 Å². The Bertz CT molecular complexity index is 548. The minimum Gasteiger partial charge on any atom is -0.348 e. The van der Waals surface area contributed by atoms with Gasteiger partial charge in [-0.15, -0.1) is 0 Å². The van der Waals surface area contributed by atoms with E-state index in [1.807, 2.05) is 0 Å². The van der Waals surface area contributed by atoms with Crippen molar-refractivity contribution in [3.63, 3.8) is 0 Å². The molecule has 1 saturated heterocycles. The molecule has 1 spiro atoms. The van der Waals surface area contributed by atoms with E-state index in [9.17, 15) is 0 Å². The first-order valence-electron chi connectivity index (χ1n) is 9.08. The zero-order valence-electron chi connectivity index (χ0n) is 13.9. The highest BCUT2D eigenvalue weighted by Crippen LogP contribution is 2.39. The first kappa shape index (κ1) is 15.4. The van der Waals surface area contributed by atoms with Gasteiger partial charge in [-0.25, -0.2) is 0 Å². The third-order valence-electron chi connectivity index (χ3n) is 5.54. The molecule has 0 N–H and O–H groups in total. The quantitative estimate of drug-likeness (QED) is 0.849. The van der Waals surface area contributed by atoms with Crippen molar-refractivity contribution in [3.8, 4) is 0 Å². The molecule has 3 heteroatoms. The highest BCUT2D eigenvalue weighted by atomic mass is 16.7. The van der Waals surface area contributed by atoms with Crippen LogP contribution in [0.4, 0.5) is 0 Å². The minimum absolute atomic E-state index is 0.232. The number of benzene rings is 1. The first-order chi connectivity index (χ1) is 11.3. The van der Waals surface area contributed by atoms with Gasteiger partial charge in [0.05, 0.1) is 13.2 Å². The van der Waals surface area contributed by atoms with E-state index in [4.69, 9.17) is 9.47 Å². The van der Waals surface area contributed by atoms with E-state index in [1.54, 1.807) is 0 Å². The van der Waals surface area contributed by atoms with E-state index in [-0.39, 0.29) is 5.79 Å². The van der Waals surface area contributed by atoms with E-state index in [0.29, 0.717) is 5.92 Å². The Balaban J connectivity index is 1.33. The SMILES string of the molecule is C1=C(c2ccccc2)CCN(CC2CCCC3(C2)OCCO3)C1. The Hall–Kier alpha value is -1.16. The largest absolute Gasteiger partial charge is 0.348 e. The average molecular weight is 313 g/mol. The first-order valence-corrected chi connectivity index (χ1v) is 9.08. The van der Waals surface area contributed by atoms with Gasteiger partial charge in [-0.3, -0.25) is 4.90 Å². The summed E-state index contributed by atoms with van der Waals surface area (Å²) in [6.45, 7) is 4.99. The van der Waals surface area contributed by atoms with Crippen LogP contribution in [-0.2, 0) is 9.47 Å². The molecule has 4 rings (SSSR count). The lowest BCUT2D eigenvalue weighted by Gasteiger charge is -2.38. The van der Waals surface area contributed by atoms with Crippen LogP contribution < -0.4 is 0 Å². The summed E-state index contributed by atoms with van der Waals surface area (Å²) in [5, 5.41) is 0. The molecule has 3 aliphatic rings. The molecule has 1 unspecified atom stereocenters. The molecule has 0 bridgehead atoms. The third kappa shape index (κ3) is 3.52. The third-order valence-corrected chi connectivity index (χ3v) is 5.54. The summed E-state index contributed by atoms with van der Waals surface area (Å²) >= 11 is 0. The number of hydrogen-bond donors (Lipinski definition) is 0. The van der Waals surface area contributed by atoms with Crippen molar-refractivity contribution in [2.24, 2.45) is 5.92 Å². The Morgan fingerprint density at radius 1 is 1.13 bits per heavy atom. The van der Waals surface area contributed by atoms with E-state index < -0.39 is 0 Å². The summed E-state index contributed by atoms with van der Waals surface area (Å²) in [7, 11) is 0. The summed E-state index contributed by atoms with van der Waals surface area (Å²) in [5.41, 5.74) is 2.89. The Morgan fingerprint density at radius 2 is 1.96 bits per heavy atom. The van der Waals surface area contributed by atoms with Gasteiger partial charge in [-0.1, -0.05) is 36.4 Å². The van der Waals surface area contributed by atoms with Gasteiger partial charge < -0.3 is 9.47 Å². The second-order valence-electron chi connectivity index (χ2n) is 7.17.